The first-order chi connectivity index (χ1) is 9.71. The fourth-order valence-electron chi connectivity index (χ4n) is 1.68. The van der Waals surface area contributed by atoms with Crippen molar-refractivity contribution in [2.45, 2.75) is 33.1 Å². The third-order valence-corrected chi connectivity index (χ3v) is 2.77. The zero-order valence-electron chi connectivity index (χ0n) is 12.4. The molecule has 1 rings (SSSR count). The monoisotopic (exact) mass is 281 g/mol. The largest absolute Gasteiger partial charge is 0.383 e. The van der Waals surface area contributed by atoms with E-state index in [0.29, 0.717) is 32.1 Å². The molecule has 0 saturated heterocycles. The van der Waals surface area contributed by atoms with E-state index in [4.69, 9.17) is 4.74 Å². The van der Waals surface area contributed by atoms with E-state index >= 15 is 0 Å². The van der Waals surface area contributed by atoms with Crippen LogP contribution in [0.5, 0.6) is 0 Å². The molecule has 1 aromatic rings. The van der Waals surface area contributed by atoms with Crippen LogP contribution in [0.25, 0.3) is 0 Å². The summed E-state index contributed by atoms with van der Waals surface area (Å²) >= 11 is 0. The third kappa shape index (κ3) is 5.48. The second-order valence-corrected chi connectivity index (χ2v) is 4.26. The number of nitrogens with zero attached hydrogens (tertiary/aromatic N) is 3. The number of methoxy groups -OCH3 is 1. The van der Waals surface area contributed by atoms with Crippen LogP contribution in [-0.2, 0) is 22.4 Å². The Bertz CT molecular complexity index is 425. The molecule has 0 fully saturated rings. The van der Waals surface area contributed by atoms with E-state index in [1.54, 1.807) is 7.11 Å². The average Bonchev–Trinajstić information content (AvgIpc) is 2.47. The van der Waals surface area contributed by atoms with E-state index in [1.807, 2.05) is 13.8 Å². The SMILES string of the molecule is CCc1nnc(NCCC(=O)NCCOC)nc1CC. The Hall–Kier alpha value is -1.76. The molecule has 0 aromatic carbocycles. The Morgan fingerprint density at radius 2 is 1.90 bits per heavy atom. The molecule has 0 aliphatic carbocycles. The molecule has 0 atom stereocenters. The van der Waals surface area contributed by atoms with Crippen molar-refractivity contribution in [3.63, 3.8) is 0 Å². The maximum Gasteiger partial charge on any atom is 0.242 e. The first-order valence-electron chi connectivity index (χ1n) is 6.93. The van der Waals surface area contributed by atoms with Gasteiger partial charge in [0.25, 0.3) is 0 Å². The minimum atomic E-state index is -0.0246. The van der Waals surface area contributed by atoms with Gasteiger partial charge in [0.2, 0.25) is 11.9 Å². The van der Waals surface area contributed by atoms with E-state index in [1.165, 1.54) is 0 Å². The highest BCUT2D eigenvalue weighted by Gasteiger charge is 2.06. The molecule has 0 unspecified atom stereocenters. The lowest BCUT2D eigenvalue weighted by Crippen LogP contribution is -2.28. The molecule has 7 heteroatoms. The topological polar surface area (TPSA) is 89.0 Å². The minimum Gasteiger partial charge on any atom is -0.383 e. The summed E-state index contributed by atoms with van der Waals surface area (Å²) in [6.45, 7) is 5.59. The van der Waals surface area contributed by atoms with Gasteiger partial charge in [0.15, 0.2) is 0 Å². The second-order valence-electron chi connectivity index (χ2n) is 4.26. The molecule has 0 saturated carbocycles. The Balaban J connectivity index is 2.36. The number of aromatic nitrogens is 3. The molecule has 0 aliphatic rings. The fraction of sp³-hybridized carbons (Fsp3) is 0.692. The number of hydrogen-bond donors (Lipinski definition) is 2. The maximum atomic E-state index is 11.5. The van der Waals surface area contributed by atoms with Crippen molar-refractivity contribution < 1.29 is 9.53 Å². The van der Waals surface area contributed by atoms with Gasteiger partial charge in [-0.15, -0.1) is 5.10 Å². The Kier molecular flexibility index (Phi) is 7.49. The molecule has 20 heavy (non-hydrogen) atoms. The van der Waals surface area contributed by atoms with Crippen molar-refractivity contribution in [1.82, 2.24) is 20.5 Å². The lowest BCUT2D eigenvalue weighted by Gasteiger charge is -2.08. The van der Waals surface area contributed by atoms with Gasteiger partial charge in [0, 0.05) is 26.6 Å². The quantitative estimate of drug-likeness (QED) is 0.643. The van der Waals surface area contributed by atoms with Gasteiger partial charge < -0.3 is 15.4 Å². The number of nitrogens with one attached hydrogen (secondary N) is 2. The van der Waals surface area contributed by atoms with Crippen molar-refractivity contribution >= 4 is 11.9 Å². The smallest absolute Gasteiger partial charge is 0.242 e. The number of rotatable bonds is 9. The zero-order valence-corrected chi connectivity index (χ0v) is 12.4. The number of ether oxygens (including phenoxy) is 1. The molecule has 7 nitrogen and oxygen atoms in total. The van der Waals surface area contributed by atoms with Crippen LogP contribution >= 0.6 is 0 Å². The lowest BCUT2D eigenvalue weighted by atomic mass is 10.2. The highest BCUT2D eigenvalue weighted by molar-refractivity contribution is 5.76. The molecule has 0 bridgehead atoms. The number of carbonyl (C=O) groups excluding carboxylic acids is 1. The molecular formula is C13H23N5O2. The molecule has 0 spiro atoms. The predicted octanol–water partition coefficient (Wildman–Crippen LogP) is 0.561. The Morgan fingerprint density at radius 1 is 1.15 bits per heavy atom. The van der Waals surface area contributed by atoms with E-state index in [2.05, 4.69) is 25.8 Å². The highest BCUT2D eigenvalue weighted by Crippen LogP contribution is 2.06. The summed E-state index contributed by atoms with van der Waals surface area (Å²) in [7, 11) is 1.60. The molecule has 2 N–H and O–H groups in total. The number of carbonyl (C=O) groups is 1. The summed E-state index contributed by atoms with van der Waals surface area (Å²) in [4.78, 5) is 15.9. The van der Waals surface area contributed by atoms with Gasteiger partial charge in [-0.3, -0.25) is 4.79 Å². The van der Waals surface area contributed by atoms with Gasteiger partial charge >= 0.3 is 0 Å². The maximum absolute atomic E-state index is 11.5. The van der Waals surface area contributed by atoms with Crippen LogP contribution in [0.2, 0.25) is 0 Å². The fourth-order valence-corrected chi connectivity index (χ4v) is 1.68. The van der Waals surface area contributed by atoms with Crippen LogP contribution in [0.15, 0.2) is 0 Å². The lowest BCUT2D eigenvalue weighted by molar-refractivity contribution is -0.121. The minimum absolute atomic E-state index is 0.0246. The highest BCUT2D eigenvalue weighted by atomic mass is 16.5. The van der Waals surface area contributed by atoms with Crippen LogP contribution in [-0.4, -0.2) is 47.9 Å². The molecule has 112 valence electrons. The van der Waals surface area contributed by atoms with Gasteiger partial charge in [-0.1, -0.05) is 13.8 Å². The standard InChI is InChI=1S/C13H23N5O2/c1-4-10-11(5-2)17-18-13(16-10)15-7-6-12(19)14-8-9-20-3/h4-9H2,1-3H3,(H,14,19)(H,15,16,18). The molecule has 1 amide bonds. The molecule has 1 aromatic heterocycles. The zero-order chi connectivity index (χ0) is 14.8. The van der Waals surface area contributed by atoms with Crippen LogP contribution in [0.3, 0.4) is 0 Å². The van der Waals surface area contributed by atoms with Gasteiger partial charge in [-0.2, -0.15) is 5.10 Å². The second kappa shape index (κ2) is 9.19. The van der Waals surface area contributed by atoms with Gasteiger partial charge in [-0.05, 0) is 12.8 Å². The van der Waals surface area contributed by atoms with Gasteiger partial charge in [0.05, 0.1) is 18.0 Å². The number of anilines is 1. The molecule has 0 aliphatic heterocycles. The molecule has 1 heterocycles. The van der Waals surface area contributed by atoms with Gasteiger partial charge in [-0.25, -0.2) is 4.98 Å². The van der Waals surface area contributed by atoms with Crippen LogP contribution < -0.4 is 10.6 Å². The van der Waals surface area contributed by atoms with Crippen molar-refractivity contribution in [2.75, 3.05) is 32.1 Å². The summed E-state index contributed by atoms with van der Waals surface area (Å²) in [6, 6.07) is 0. The van der Waals surface area contributed by atoms with Crippen LogP contribution in [0.1, 0.15) is 31.7 Å². The average molecular weight is 281 g/mol. The summed E-state index contributed by atoms with van der Waals surface area (Å²) in [5.74, 6) is 0.451. The predicted molar refractivity (Wildman–Crippen MR) is 76.6 cm³/mol. The number of amides is 1. The first-order valence-corrected chi connectivity index (χ1v) is 6.93. The van der Waals surface area contributed by atoms with Crippen molar-refractivity contribution in [3.8, 4) is 0 Å². The van der Waals surface area contributed by atoms with Crippen LogP contribution in [0, 0.1) is 0 Å². The summed E-state index contributed by atoms with van der Waals surface area (Å²) < 4.78 is 4.85. The molecule has 0 radical (unpaired) electrons. The van der Waals surface area contributed by atoms with E-state index in [0.717, 1.165) is 24.2 Å². The van der Waals surface area contributed by atoms with Gasteiger partial charge in [0.1, 0.15) is 0 Å². The summed E-state index contributed by atoms with van der Waals surface area (Å²) in [6.07, 6.45) is 2.01. The summed E-state index contributed by atoms with van der Waals surface area (Å²) in [5, 5.41) is 13.9. The van der Waals surface area contributed by atoms with Crippen molar-refractivity contribution in [3.05, 3.63) is 11.4 Å². The Morgan fingerprint density at radius 3 is 2.55 bits per heavy atom. The summed E-state index contributed by atoms with van der Waals surface area (Å²) in [5.41, 5.74) is 1.88. The normalized spacial score (nSPS) is 10.3. The van der Waals surface area contributed by atoms with Crippen LogP contribution in [0.4, 0.5) is 5.95 Å². The third-order valence-electron chi connectivity index (χ3n) is 2.77. The van der Waals surface area contributed by atoms with E-state index < -0.39 is 0 Å². The number of aryl methyl sites for hydroxylation is 2. The number of hydrogen-bond acceptors (Lipinski definition) is 6. The van der Waals surface area contributed by atoms with E-state index in [9.17, 15) is 4.79 Å². The molecular weight excluding hydrogens is 258 g/mol. The Labute approximate surface area is 119 Å². The first kappa shape index (κ1) is 16.3. The van der Waals surface area contributed by atoms with E-state index in [-0.39, 0.29) is 5.91 Å². The van der Waals surface area contributed by atoms with Crippen molar-refractivity contribution in [1.29, 1.82) is 0 Å². The van der Waals surface area contributed by atoms with Crippen molar-refractivity contribution in [2.24, 2.45) is 0 Å².